The summed E-state index contributed by atoms with van der Waals surface area (Å²) in [5.41, 5.74) is 9.29. The highest BCUT2D eigenvalue weighted by Crippen LogP contribution is 2.45. The van der Waals surface area contributed by atoms with Crippen LogP contribution in [-0.2, 0) is 0 Å². The predicted octanol–water partition coefficient (Wildman–Crippen LogP) is 11.9. The summed E-state index contributed by atoms with van der Waals surface area (Å²) in [5, 5.41) is 4.36. The molecule has 3 nitrogen and oxygen atoms in total. The van der Waals surface area contributed by atoms with Crippen molar-refractivity contribution in [1.82, 2.24) is 9.13 Å². The smallest absolute Gasteiger partial charge is 0.211 e. The van der Waals surface area contributed by atoms with Gasteiger partial charge in [0.05, 0.1) is 34.3 Å². The highest BCUT2D eigenvalue weighted by Gasteiger charge is 2.22. The van der Waals surface area contributed by atoms with Crippen molar-refractivity contribution in [1.29, 1.82) is 0 Å². The fourth-order valence-corrected chi connectivity index (χ4v) is 7.26. The minimum absolute atomic E-state index is 0.310. The molecule has 0 spiro atoms. The maximum Gasteiger partial charge on any atom is 0.211 e. The molecule has 9 aromatic rings. The number of para-hydroxylation sites is 5. The summed E-state index contributed by atoms with van der Waals surface area (Å²) < 4.78 is 20.7. The Morgan fingerprint density at radius 3 is 1.70 bits per heavy atom. The van der Waals surface area contributed by atoms with Gasteiger partial charge in [-0.2, -0.15) is 0 Å². The molecule has 47 heavy (non-hydrogen) atoms. The summed E-state index contributed by atoms with van der Waals surface area (Å²) in [5.74, 6) is -0.310. The van der Waals surface area contributed by atoms with E-state index in [0.29, 0.717) is 11.3 Å². The molecular weight excluding hydrogens is 577 g/mol. The Bertz CT molecular complexity index is 2650. The molecule has 0 amide bonds. The van der Waals surface area contributed by atoms with Gasteiger partial charge in [-0.05, 0) is 65.2 Å². The van der Waals surface area contributed by atoms with Crippen molar-refractivity contribution in [2.45, 2.75) is 0 Å². The lowest BCUT2D eigenvalue weighted by Crippen LogP contribution is -1.99. The van der Waals surface area contributed by atoms with Gasteiger partial charge in [-0.15, -0.1) is 0 Å². The van der Waals surface area contributed by atoms with Crippen LogP contribution in [0.3, 0.4) is 0 Å². The van der Waals surface area contributed by atoms with Gasteiger partial charge in [-0.1, -0.05) is 109 Å². The van der Waals surface area contributed by atoms with Gasteiger partial charge in [-0.3, -0.25) is 0 Å². The van der Waals surface area contributed by atoms with Gasteiger partial charge in [0, 0.05) is 32.8 Å². The Hall–Kier alpha value is -6.44. The van der Waals surface area contributed by atoms with E-state index in [1.165, 1.54) is 6.07 Å². The third-order valence-electron chi connectivity index (χ3n) is 9.22. The fraction of sp³-hybridized carbons (Fsp3) is 0. The number of fused-ring (bicyclic) bond motifs is 6. The summed E-state index contributed by atoms with van der Waals surface area (Å²) in [6, 6.07) is 52.4. The number of aromatic nitrogens is 2. The van der Waals surface area contributed by atoms with Gasteiger partial charge in [0.1, 0.15) is 5.82 Å². The predicted molar refractivity (Wildman–Crippen MR) is 192 cm³/mol. The zero-order valence-electron chi connectivity index (χ0n) is 25.2. The molecule has 0 bridgehead atoms. The maximum atomic E-state index is 16.3. The molecule has 0 fully saturated rings. The average Bonchev–Trinajstić information content (AvgIpc) is 3.64. The Balaban J connectivity index is 1.34. The molecule has 2 aromatic heterocycles. The topological polar surface area (TPSA) is 14.2 Å². The summed E-state index contributed by atoms with van der Waals surface area (Å²) in [7, 11) is 0. The van der Waals surface area contributed by atoms with Crippen molar-refractivity contribution in [3.63, 3.8) is 0 Å². The monoisotopic (exact) mass is 603 g/mol. The molecule has 0 saturated heterocycles. The molecule has 0 aliphatic heterocycles. The second-order valence-electron chi connectivity index (χ2n) is 11.7. The summed E-state index contributed by atoms with van der Waals surface area (Å²) in [6.45, 7) is 8.20. The molecule has 0 aliphatic carbocycles. The molecule has 4 heteroatoms. The van der Waals surface area contributed by atoms with E-state index in [1.807, 2.05) is 78.9 Å². The number of hydrogen-bond donors (Lipinski definition) is 0. The quantitative estimate of drug-likeness (QED) is 0.178. The van der Waals surface area contributed by atoms with Gasteiger partial charge >= 0.3 is 0 Å². The van der Waals surface area contributed by atoms with E-state index in [0.717, 1.165) is 71.7 Å². The first-order valence-corrected chi connectivity index (χ1v) is 15.6. The lowest BCUT2D eigenvalue weighted by molar-refractivity contribution is 0.632. The second kappa shape index (κ2) is 10.6. The number of benzene rings is 7. The van der Waals surface area contributed by atoms with Crippen molar-refractivity contribution in [3.8, 4) is 33.6 Å². The van der Waals surface area contributed by atoms with E-state index in [9.17, 15) is 0 Å². The van der Waals surface area contributed by atoms with Crippen molar-refractivity contribution in [2.24, 2.45) is 0 Å². The molecular formula is C43H26FN3. The third kappa shape index (κ3) is 4.04. The molecule has 9 rings (SSSR count). The molecule has 0 radical (unpaired) electrons. The summed E-state index contributed by atoms with van der Waals surface area (Å²) in [6.07, 6.45) is 0. The van der Waals surface area contributed by atoms with Gasteiger partial charge < -0.3 is 9.13 Å². The standard InChI is InChI=1S/C43H26FN3/c1-45-37-21-12-19-34(43(37)47-39-23-9-5-15-30(39)31-16-6-10-24-40(31)47)33-18-11-20-36(44)42(33)28-25-26-41-35(27-28)32-17-7-8-22-38(32)46(41)29-13-3-2-4-14-29/h2-27H. The summed E-state index contributed by atoms with van der Waals surface area (Å²) in [4.78, 5) is 3.99. The first-order chi connectivity index (χ1) is 23.2. The molecule has 7 aromatic carbocycles. The van der Waals surface area contributed by atoms with E-state index in [2.05, 4.69) is 80.7 Å². The van der Waals surface area contributed by atoms with E-state index in [1.54, 1.807) is 6.07 Å². The minimum Gasteiger partial charge on any atom is -0.318 e. The first-order valence-electron chi connectivity index (χ1n) is 15.6. The Morgan fingerprint density at radius 2 is 1.02 bits per heavy atom. The highest BCUT2D eigenvalue weighted by molar-refractivity contribution is 6.12. The van der Waals surface area contributed by atoms with Crippen LogP contribution in [0.5, 0.6) is 0 Å². The molecule has 0 aliphatic rings. The van der Waals surface area contributed by atoms with Gasteiger partial charge in [0.15, 0.2) is 0 Å². The van der Waals surface area contributed by atoms with Gasteiger partial charge in [0.25, 0.3) is 0 Å². The van der Waals surface area contributed by atoms with E-state index in [-0.39, 0.29) is 5.82 Å². The SMILES string of the molecule is [C-]#[N+]c1cccc(-c2cccc(F)c2-c2ccc3c(c2)c2ccccc2n3-c2ccccc2)c1-n1c2ccccc2c2ccccc21. The van der Waals surface area contributed by atoms with Gasteiger partial charge in [-0.25, -0.2) is 9.24 Å². The molecule has 220 valence electrons. The Labute approximate surface area is 270 Å². The van der Waals surface area contributed by atoms with Crippen LogP contribution < -0.4 is 0 Å². The van der Waals surface area contributed by atoms with E-state index >= 15 is 4.39 Å². The Kier molecular flexibility index (Phi) is 6.06. The van der Waals surface area contributed by atoms with E-state index in [4.69, 9.17) is 6.57 Å². The molecule has 0 unspecified atom stereocenters. The highest BCUT2D eigenvalue weighted by atomic mass is 19.1. The zero-order valence-corrected chi connectivity index (χ0v) is 25.2. The number of nitrogens with zero attached hydrogens (tertiary/aromatic N) is 3. The maximum absolute atomic E-state index is 16.3. The molecule has 2 heterocycles. The van der Waals surface area contributed by atoms with Crippen molar-refractivity contribution in [2.75, 3.05) is 0 Å². The van der Waals surface area contributed by atoms with Crippen molar-refractivity contribution < 1.29 is 4.39 Å². The third-order valence-corrected chi connectivity index (χ3v) is 9.22. The van der Waals surface area contributed by atoms with Crippen LogP contribution in [0.15, 0.2) is 158 Å². The van der Waals surface area contributed by atoms with Crippen LogP contribution in [0.25, 0.3) is 82.1 Å². The normalized spacial score (nSPS) is 11.5. The van der Waals surface area contributed by atoms with Crippen LogP contribution >= 0.6 is 0 Å². The van der Waals surface area contributed by atoms with Crippen molar-refractivity contribution in [3.05, 3.63) is 175 Å². The Morgan fingerprint density at radius 1 is 0.468 bits per heavy atom. The first kappa shape index (κ1) is 26.9. The second-order valence-corrected chi connectivity index (χ2v) is 11.7. The summed E-state index contributed by atoms with van der Waals surface area (Å²) >= 11 is 0. The number of rotatable bonds is 4. The van der Waals surface area contributed by atoms with Gasteiger partial charge in [0.2, 0.25) is 5.69 Å². The molecule has 0 N–H and O–H groups in total. The minimum atomic E-state index is -0.310. The lowest BCUT2D eigenvalue weighted by atomic mass is 9.91. The van der Waals surface area contributed by atoms with Crippen LogP contribution in [0, 0.1) is 12.4 Å². The number of hydrogen-bond acceptors (Lipinski definition) is 0. The van der Waals surface area contributed by atoms with Crippen LogP contribution in [0.1, 0.15) is 0 Å². The zero-order chi connectivity index (χ0) is 31.5. The molecule has 0 saturated carbocycles. The fourth-order valence-electron chi connectivity index (χ4n) is 7.26. The number of halogens is 1. The molecule has 0 atom stereocenters. The van der Waals surface area contributed by atoms with Crippen LogP contribution in [0.2, 0.25) is 0 Å². The average molecular weight is 604 g/mol. The van der Waals surface area contributed by atoms with Crippen LogP contribution in [-0.4, -0.2) is 9.13 Å². The largest absolute Gasteiger partial charge is 0.318 e. The lowest BCUT2D eigenvalue weighted by Gasteiger charge is -2.19. The van der Waals surface area contributed by atoms with Crippen LogP contribution in [0.4, 0.5) is 10.1 Å². The van der Waals surface area contributed by atoms with Crippen molar-refractivity contribution >= 4 is 49.3 Å². The van der Waals surface area contributed by atoms with E-state index < -0.39 is 0 Å².